The Labute approximate surface area is 120 Å². The third kappa shape index (κ3) is 2.87. The van der Waals surface area contributed by atoms with Gasteiger partial charge in [0.05, 0.1) is 11.4 Å². The molecule has 0 atom stereocenters. The van der Waals surface area contributed by atoms with E-state index >= 15 is 0 Å². The molecule has 3 nitrogen and oxygen atoms in total. The number of para-hydroxylation sites is 1. The molecule has 2 aromatic rings. The Balaban J connectivity index is 1.84. The van der Waals surface area contributed by atoms with Gasteiger partial charge in [0.15, 0.2) is 0 Å². The summed E-state index contributed by atoms with van der Waals surface area (Å²) < 4.78 is 1.87. The van der Waals surface area contributed by atoms with E-state index in [1.165, 1.54) is 50.6 Å². The Kier molecular flexibility index (Phi) is 4.05. The lowest BCUT2D eigenvalue weighted by molar-refractivity contribution is 0.448. The first-order valence-corrected chi connectivity index (χ1v) is 7.75. The molecule has 1 aliphatic rings. The molecule has 106 valence electrons. The zero-order valence-electron chi connectivity index (χ0n) is 12.0. The molecule has 20 heavy (non-hydrogen) atoms. The molecule has 3 heteroatoms. The number of hydrogen-bond donors (Lipinski definition) is 1. The number of rotatable bonds is 2. The predicted octanol–water partition coefficient (Wildman–Crippen LogP) is 4.28. The molecule has 0 bridgehead atoms. The molecule has 1 aliphatic carbocycles. The van der Waals surface area contributed by atoms with E-state index in [2.05, 4.69) is 6.07 Å². The minimum Gasteiger partial charge on any atom is -0.384 e. The smallest absolute Gasteiger partial charge is 0.127 e. The molecule has 0 radical (unpaired) electrons. The molecule has 0 spiro atoms. The summed E-state index contributed by atoms with van der Waals surface area (Å²) in [5.41, 5.74) is 8.37. The lowest BCUT2D eigenvalue weighted by Crippen LogP contribution is -2.05. The molecular formula is C17H23N3. The van der Waals surface area contributed by atoms with Gasteiger partial charge in [-0.3, -0.25) is 0 Å². The van der Waals surface area contributed by atoms with Crippen molar-refractivity contribution in [1.29, 1.82) is 0 Å². The second-order valence-corrected chi connectivity index (χ2v) is 5.78. The first kappa shape index (κ1) is 13.2. The van der Waals surface area contributed by atoms with E-state index in [1.54, 1.807) is 0 Å². The van der Waals surface area contributed by atoms with Crippen LogP contribution in [0, 0.1) is 0 Å². The first-order chi connectivity index (χ1) is 9.84. The van der Waals surface area contributed by atoms with Crippen molar-refractivity contribution >= 4 is 5.82 Å². The van der Waals surface area contributed by atoms with Crippen LogP contribution in [0.5, 0.6) is 0 Å². The van der Waals surface area contributed by atoms with Crippen LogP contribution in [-0.4, -0.2) is 9.78 Å². The normalized spacial score (nSPS) is 17.6. The number of nitrogen functional groups attached to an aromatic ring is 1. The van der Waals surface area contributed by atoms with Crippen LogP contribution in [-0.2, 0) is 0 Å². The van der Waals surface area contributed by atoms with Gasteiger partial charge in [0.2, 0.25) is 0 Å². The lowest BCUT2D eigenvalue weighted by atomic mass is 9.89. The van der Waals surface area contributed by atoms with Gasteiger partial charge in [0.25, 0.3) is 0 Å². The van der Waals surface area contributed by atoms with E-state index in [4.69, 9.17) is 10.8 Å². The fourth-order valence-corrected chi connectivity index (χ4v) is 3.14. The molecule has 0 unspecified atom stereocenters. The predicted molar refractivity (Wildman–Crippen MR) is 83.0 cm³/mol. The summed E-state index contributed by atoms with van der Waals surface area (Å²) in [7, 11) is 0. The van der Waals surface area contributed by atoms with Crippen molar-refractivity contribution in [3.63, 3.8) is 0 Å². The van der Waals surface area contributed by atoms with Crippen molar-refractivity contribution in [2.45, 2.75) is 50.9 Å². The quantitative estimate of drug-likeness (QED) is 0.884. The van der Waals surface area contributed by atoms with Crippen LogP contribution in [0.3, 0.4) is 0 Å². The van der Waals surface area contributed by atoms with Crippen molar-refractivity contribution in [2.75, 3.05) is 5.73 Å². The van der Waals surface area contributed by atoms with Crippen LogP contribution in [0.25, 0.3) is 5.69 Å². The highest BCUT2D eigenvalue weighted by Crippen LogP contribution is 2.31. The third-order valence-electron chi connectivity index (χ3n) is 4.28. The molecule has 0 amide bonds. The second kappa shape index (κ2) is 6.12. The molecular weight excluding hydrogens is 246 g/mol. The van der Waals surface area contributed by atoms with Crippen molar-refractivity contribution in [1.82, 2.24) is 9.78 Å². The van der Waals surface area contributed by atoms with E-state index in [0.717, 1.165) is 11.5 Å². The van der Waals surface area contributed by atoms with E-state index in [0.29, 0.717) is 5.92 Å². The summed E-state index contributed by atoms with van der Waals surface area (Å²) >= 11 is 0. The highest BCUT2D eigenvalue weighted by molar-refractivity contribution is 5.43. The topological polar surface area (TPSA) is 43.8 Å². The molecule has 3 rings (SSSR count). The number of nitrogens with zero attached hydrogens (tertiary/aromatic N) is 2. The minimum atomic E-state index is 0.586. The van der Waals surface area contributed by atoms with Crippen molar-refractivity contribution in [2.24, 2.45) is 0 Å². The van der Waals surface area contributed by atoms with Gasteiger partial charge in [-0.15, -0.1) is 0 Å². The van der Waals surface area contributed by atoms with Gasteiger partial charge >= 0.3 is 0 Å². The number of benzene rings is 1. The standard InChI is InChI=1S/C17H23N3/c18-17-13-16(14-9-5-2-1-3-6-10-14)19-20(17)15-11-7-4-8-12-15/h4,7-8,11-14H,1-3,5-6,9-10,18H2. The van der Waals surface area contributed by atoms with Gasteiger partial charge in [-0.05, 0) is 25.0 Å². The van der Waals surface area contributed by atoms with Crippen LogP contribution in [0.15, 0.2) is 36.4 Å². The molecule has 0 saturated heterocycles. The van der Waals surface area contributed by atoms with Crippen LogP contribution < -0.4 is 5.73 Å². The van der Waals surface area contributed by atoms with Crippen molar-refractivity contribution in [3.8, 4) is 5.69 Å². The van der Waals surface area contributed by atoms with E-state index in [9.17, 15) is 0 Å². The Bertz CT molecular complexity index is 537. The number of nitrogens with two attached hydrogens (primary N) is 1. The number of anilines is 1. The summed E-state index contributed by atoms with van der Waals surface area (Å²) in [6, 6.07) is 12.2. The Morgan fingerprint density at radius 3 is 2.30 bits per heavy atom. The fraction of sp³-hybridized carbons (Fsp3) is 0.471. The zero-order valence-corrected chi connectivity index (χ0v) is 12.0. The van der Waals surface area contributed by atoms with E-state index in [1.807, 2.05) is 35.0 Å². The largest absolute Gasteiger partial charge is 0.384 e. The average molecular weight is 269 g/mol. The SMILES string of the molecule is Nc1cc(C2CCCCCCC2)nn1-c1ccccc1. The molecule has 1 heterocycles. The van der Waals surface area contributed by atoms with Crippen molar-refractivity contribution in [3.05, 3.63) is 42.1 Å². The first-order valence-electron chi connectivity index (χ1n) is 7.75. The maximum atomic E-state index is 6.15. The molecule has 2 N–H and O–H groups in total. The molecule has 1 saturated carbocycles. The van der Waals surface area contributed by atoms with E-state index < -0.39 is 0 Å². The maximum absolute atomic E-state index is 6.15. The number of aromatic nitrogens is 2. The van der Waals surface area contributed by atoms with Crippen LogP contribution in [0.2, 0.25) is 0 Å². The summed E-state index contributed by atoms with van der Waals surface area (Å²) in [6.07, 6.45) is 9.28. The van der Waals surface area contributed by atoms with Gasteiger partial charge in [-0.1, -0.05) is 50.3 Å². The van der Waals surface area contributed by atoms with Gasteiger partial charge in [0.1, 0.15) is 5.82 Å². The second-order valence-electron chi connectivity index (χ2n) is 5.78. The van der Waals surface area contributed by atoms with Gasteiger partial charge < -0.3 is 5.73 Å². The monoisotopic (exact) mass is 269 g/mol. The lowest BCUT2D eigenvalue weighted by Gasteiger charge is -2.17. The molecule has 1 aromatic carbocycles. The molecule has 0 aliphatic heterocycles. The summed E-state index contributed by atoms with van der Waals surface area (Å²) in [6.45, 7) is 0. The highest BCUT2D eigenvalue weighted by atomic mass is 15.3. The zero-order chi connectivity index (χ0) is 13.8. The molecule has 1 fully saturated rings. The van der Waals surface area contributed by atoms with Crippen LogP contribution in [0.4, 0.5) is 5.82 Å². The van der Waals surface area contributed by atoms with E-state index in [-0.39, 0.29) is 0 Å². The fourth-order valence-electron chi connectivity index (χ4n) is 3.14. The summed E-state index contributed by atoms with van der Waals surface area (Å²) in [4.78, 5) is 0. The Hall–Kier alpha value is -1.77. The number of hydrogen-bond acceptors (Lipinski definition) is 2. The Morgan fingerprint density at radius 2 is 1.60 bits per heavy atom. The average Bonchev–Trinajstić information content (AvgIpc) is 2.81. The highest BCUT2D eigenvalue weighted by Gasteiger charge is 2.18. The van der Waals surface area contributed by atoms with Gasteiger partial charge in [-0.2, -0.15) is 5.10 Å². The third-order valence-corrected chi connectivity index (χ3v) is 4.28. The van der Waals surface area contributed by atoms with Gasteiger partial charge in [-0.25, -0.2) is 4.68 Å². The van der Waals surface area contributed by atoms with Crippen LogP contribution in [0.1, 0.15) is 56.6 Å². The van der Waals surface area contributed by atoms with Crippen molar-refractivity contribution < 1.29 is 0 Å². The molecule has 1 aromatic heterocycles. The minimum absolute atomic E-state index is 0.586. The Morgan fingerprint density at radius 1 is 0.950 bits per heavy atom. The maximum Gasteiger partial charge on any atom is 0.127 e. The van der Waals surface area contributed by atoms with Gasteiger partial charge in [0, 0.05) is 12.0 Å². The summed E-state index contributed by atoms with van der Waals surface area (Å²) in [5, 5.41) is 4.77. The summed E-state index contributed by atoms with van der Waals surface area (Å²) in [5.74, 6) is 1.33. The van der Waals surface area contributed by atoms with Crippen LogP contribution >= 0.6 is 0 Å².